The van der Waals surface area contributed by atoms with Crippen molar-refractivity contribution in [2.45, 2.75) is 45.7 Å². The fraction of sp³-hybridized carbons (Fsp3) is 0.423. The minimum absolute atomic E-state index is 0.0953. The highest BCUT2D eigenvalue weighted by atomic mass is 32.1. The zero-order valence-electron chi connectivity index (χ0n) is 20.4. The number of aryl methyl sites for hydroxylation is 2. The van der Waals surface area contributed by atoms with Crippen LogP contribution in [0.4, 0.5) is 4.79 Å². The van der Waals surface area contributed by atoms with E-state index in [1.807, 2.05) is 37.4 Å². The number of piperidine rings is 1. The van der Waals surface area contributed by atoms with E-state index in [1.54, 1.807) is 29.9 Å². The molecule has 1 unspecified atom stereocenters. The number of Topliss-reactive ketones (excluding diaryl/α,β-unsaturated/α-hetero) is 1. The Balaban J connectivity index is 1.73. The summed E-state index contributed by atoms with van der Waals surface area (Å²) in [6.07, 6.45) is 0.677. The van der Waals surface area contributed by atoms with Crippen molar-refractivity contribution >= 4 is 34.9 Å². The van der Waals surface area contributed by atoms with Crippen molar-refractivity contribution in [1.82, 2.24) is 9.80 Å². The van der Waals surface area contributed by atoms with Crippen LogP contribution in [-0.2, 0) is 14.3 Å². The third kappa shape index (κ3) is 4.52. The topological polar surface area (TPSA) is 96.4 Å². The van der Waals surface area contributed by atoms with Crippen molar-refractivity contribution in [1.29, 1.82) is 0 Å². The number of rotatable bonds is 5. The molecular weight excluding hydrogens is 468 g/mol. The maximum Gasteiger partial charge on any atom is 0.409 e. The molecule has 1 aromatic carbocycles. The number of methoxy groups -OCH3 is 1. The van der Waals surface area contributed by atoms with Gasteiger partial charge in [-0.2, -0.15) is 0 Å². The van der Waals surface area contributed by atoms with Crippen molar-refractivity contribution in [2.24, 2.45) is 0 Å². The molecule has 1 N–H and O–H groups in total. The Labute approximate surface area is 208 Å². The summed E-state index contributed by atoms with van der Waals surface area (Å²) in [5.41, 5.74) is 2.15. The zero-order valence-corrected chi connectivity index (χ0v) is 21.2. The first-order chi connectivity index (χ1) is 16.8. The van der Waals surface area contributed by atoms with Gasteiger partial charge in [-0.25, -0.2) is 4.79 Å². The number of ether oxygens (including phenoxy) is 2. The van der Waals surface area contributed by atoms with Crippen LogP contribution in [-0.4, -0.2) is 65.5 Å². The van der Waals surface area contributed by atoms with Gasteiger partial charge in [-0.1, -0.05) is 6.07 Å². The Bertz CT molecular complexity index is 1160. The van der Waals surface area contributed by atoms with Gasteiger partial charge in [-0.15, -0.1) is 11.3 Å². The van der Waals surface area contributed by atoms with Crippen LogP contribution in [0.3, 0.4) is 0 Å². The van der Waals surface area contributed by atoms with Gasteiger partial charge in [-0.05, 0) is 68.3 Å². The SMILES string of the molecule is CCOC(=O)N1CCC(N2C(=O)C(=O)/C(=C(\O)c3cc(C)c(OC)cc3C)C2c2cccs2)CC1. The molecule has 0 aliphatic carbocycles. The van der Waals surface area contributed by atoms with Gasteiger partial charge < -0.3 is 24.4 Å². The van der Waals surface area contributed by atoms with Gasteiger partial charge in [0.25, 0.3) is 11.7 Å². The van der Waals surface area contributed by atoms with Crippen LogP contribution in [0.5, 0.6) is 5.75 Å². The highest BCUT2D eigenvalue weighted by Gasteiger charge is 2.50. The molecule has 2 aliphatic rings. The standard InChI is InChI=1S/C26H30N2O6S/c1-5-34-26(32)27-10-8-17(9-11-27)28-22(20-7-6-12-35-20)21(24(30)25(28)31)23(29)18-13-16(3)19(33-4)14-15(18)2/h6-7,12-14,17,22,29H,5,8-11H2,1-4H3/b23-21-. The lowest BCUT2D eigenvalue weighted by molar-refractivity contribution is -0.142. The summed E-state index contributed by atoms with van der Waals surface area (Å²) < 4.78 is 10.5. The van der Waals surface area contributed by atoms with Crippen LogP contribution < -0.4 is 4.74 Å². The quantitative estimate of drug-likeness (QED) is 0.373. The first-order valence-corrected chi connectivity index (χ1v) is 12.6. The van der Waals surface area contributed by atoms with Gasteiger partial charge in [0.1, 0.15) is 11.5 Å². The first kappa shape index (κ1) is 24.8. The van der Waals surface area contributed by atoms with E-state index in [0.29, 0.717) is 43.9 Å². The van der Waals surface area contributed by atoms with E-state index >= 15 is 0 Å². The van der Waals surface area contributed by atoms with Crippen molar-refractivity contribution in [2.75, 3.05) is 26.8 Å². The van der Waals surface area contributed by atoms with E-state index < -0.39 is 17.7 Å². The number of aliphatic hydroxyl groups excluding tert-OH is 1. The number of amides is 2. The van der Waals surface area contributed by atoms with Crippen molar-refractivity contribution < 1.29 is 29.0 Å². The predicted octanol–water partition coefficient (Wildman–Crippen LogP) is 4.42. The maximum absolute atomic E-state index is 13.3. The van der Waals surface area contributed by atoms with Crippen LogP contribution in [0.2, 0.25) is 0 Å². The van der Waals surface area contributed by atoms with Crippen molar-refractivity contribution in [3.63, 3.8) is 0 Å². The number of aliphatic hydroxyl groups is 1. The molecule has 186 valence electrons. The highest BCUT2D eigenvalue weighted by Crippen LogP contribution is 2.44. The number of carbonyl (C=O) groups excluding carboxylic acids is 3. The lowest BCUT2D eigenvalue weighted by atomic mass is 9.95. The van der Waals surface area contributed by atoms with Crippen LogP contribution in [0.1, 0.15) is 47.4 Å². The largest absolute Gasteiger partial charge is 0.507 e. The summed E-state index contributed by atoms with van der Waals surface area (Å²) >= 11 is 1.44. The molecule has 0 spiro atoms. The van der Waals surface area contributed by atoms with Crippen LogP contribution >= 0.6 is 11.3 Å². The smallest absolute Gasteiger partial charge is 0.409 e. The van der Waals surface area contributed by atoms with E-state index in [2.05, 4.69) is 0 Å². The van der Waals surface area contributed by atoms with Gasteiger partial charge in [0.15, 0.2) is 0 Å². The van der Waals surface area contributed by atoms with Crippen LogP contribution in [0.25, 0.3) is 5.76 Å². The summed E-state index contributed by atoms with van der Waals surface area (Å²) in [5, 5.41) is 13.3. The normalized spacial score (nSPS) is 20.4. The second-order valence-corrected chi connectivity index (χ2v) is 9.75. The van der Waals surface area contributed by atoms with E-state index in [4.69, 9.17) is 9.47 Å². The summed E-state index contributed by atoms with van der Waals surface area (Å²) in [6, 6.07) is 6.41. The fourth-order valence-corrected chi connectivity index (χ4v) is 5.74. The second-order valence-electron chi connectivity index (χ2n) is 8.78. The molecule has 1 aromatic heterocycles. The number of ketones is 1. The Morgan fingerprint density at radius 3 is 2.49 bits per heavy atom. The number of benzene rings is 1. The second kappa shape index (κ2) is 10.1. The minimum Gasteiger partial charge on any atom is -0.507 e. The number of thiophene rings is 1. The third-order valence-electron chi connectivity index (χ3n) is 6.67. The molecule has 2 saturated heterocycles. The maximum atomic E-state index is 13.3. The van der Waals surface area contributed by atoms with E-state index in [0.717, 1.165) is 16.0 Å². The Hall–Kier alpha value is -3.33. The number of likely N-dealkylation sites (tertiary alicyclic amines) is 2. The molecule has 2 fully saturated rings. The number of nitrogens with zero attached hydrogens (tertiary/aromatic N) is 2. The van der Waals surface area contributed by atoms with Gasteiger partial charge in [-0.3, -0.25) is 9.59 Å². The zero-order chi connectivity index (χ0) is 25.3. The van der Waals surface area contributed by atoms with Crippen LogP contribution in [0.15, 0.2) is 35.2 Å². The molecule has 9 heteroatoms. The molecule has 2 aromatic rings. The fourth-order valence-electron chi connectivity index (χ4n) is 4.90. The van der Waals surface area contributed by atoms with Crippen molar-refractivity contribution in [3.05, 3.63) is 56.8 Å². The summed E-state index contributed by atoms with van der Waals surface area (Å²) in [4.78, 5) is 42.8. The minimum atomic E-state index is -0.693. The van der Waals surface area contributed by atoms with Gasteiger partial charge in [0.2, 0.25) is 0 Å². The highest BCUT2D eigenvalue weighted by molar-refractivity contribution is 7.10. The number of carbonyl (C=O) groups is 3. The first-order valence-electron chi connectivity index (χ1n) is 11.7. The van der Waals surface area contributed by atoms with E-state index in [-0.39, 0.29) is 23.5 Å². The number of hydrogen-bond acceptors (Lipinski definition) is 7. The average molecular weight is 499 g/mol. The summed E-state index contributed by atoms with van der Waals surface area (Å²) in [7, 11) is 1.58. The van der Waals surface area contributed by atoms with E-state index in [9.17, 15) is 19.5 Å². The Kier molecular flexibility index (Phi) is 7.16. The molecule has 0 radical (unpaired) electrons. The molecule has 2 amide bonds. The molecule has 4 rings (SSSR count). The predicted molar refractivity (Wildman–Crippen MR) is 133 cm³/mol. The number of hydrogen-bond donors (Lipinski definition) is 1. The molecule has 0 bridgehead atoms. The molecule has 8 nitrogen and oxygen atoms in total. The molecule has 0 saturated carbocycles. The van der Waals surface area contributed by atoms with Crippen LogP contribution in [0, 0.1) is 13.8 Å². The van der Waals surface area contributed by atoms with E-state index in [1.165, 1.54) is 11.3 Å². The van der Waals surface area contributed by atoms with Gasteiger partial charge in [0.05, 0.1) is 25.3 Å². The molecule has 1 atom stereocenters. The molecular formula is C26H30N2O6S. The summed E-state index contributed by atoms with van der Waals surface area (Å²) in [5.74, 6) is -0.817. The molecule has 3 heterocycles. The third-order valence-corrected chi connectivity index (χ3v) is 7.60. The lowest BCUT2D eigenvalue weighted by Gasteiger charge is -2.38. The van der Waals surface area contributed by atoms with Crippen molar-refractivity contribution in [3.8, 4) is 5.75 Å². The molecule has 35 heavy (non-hydrogen) atoms. The Morgan fingerprint density at radius 2 is 1.89 bits per heavy atom. The van der Waals surface area contributed by atoms with Gasteiger partial charge >= 0.3 is 6.09 Å². The molecule has 2 aliphatic heterocycles. The lowest BCUT2D eigenvalue weighted by Crippen LogP contribution is -2.48. The average Bonchev–Trinajstić information content (AvgIpc) is 3.47. The van der Waals surface area contributed by atoms with Gasteiger partial charge in [0, 0.05) is 29.6 Å². The summed E-state index contributed by atoms with van der Waals surface area (Å²) in [6.45, 7) is 6.62. The Morgan fingerprint density at radius 1 is 1.17 bits per heavy atom. The monoisotopic (exact) mass is 498 g/mol.